The van der Waals surface area contributed by atoms with Gasteiger partial charge in [-0.3, -0.25) is 0 Å². The molecule has 0 spiro atoms. The van der Waals surface area contributed by atoms with Crippen molar-refractivity contribution in [1.82, 2.24) is 0 Å². The van der Waals surface area contributed by atoms with E-state index in [1.54, 1.807) is 0 Å². The lowest BCUT2D eigenvalue weighted by Gasteiger charge is -2.25. The van der Waals surface area contributed by atoms with Gasteiger partial charge in [0.15, 0.2) is 0 Å². The first-order valence-electron chi connectivity index (χ1n) is 8.35. The molecular weight excluding hydrogens is 272 g/mol. The summed E-state index contributed by atoms with van der Waals surface area (Å²) in [6.07, 6.45) is 6.10. The van der Waals surface area contributed by atoms with Crippen LogP contribution < -0.4 is 0 Å². The predicted molar refractivity (Wildman–Crippen MR) is 81.6 cm³/mol. The molecule has 0 aliphatic heterocycles. The Morgan fingerprint density at radius 3 is 1.86 bits per heavy atom. The van der Waals surface area contributed by atoms with Crippen LogP contribution in [0, 0.1) is 0 Å². The van der Waals surface area contributed by atoms with E-state index in [1.165, 1.54) is 0 Å². The van der Waals surface area contributed by atoms with Crippen LogP contribution in [0.4, 0.5) is 0 Å². The molecule has 0 radical (unpaired) electrons. The normalized spacial score (nSPS) is 22.6. The summed E-state index contributed by atoms with van der Waals surface area (Å²) < 4.78 is 22.0. The van der Waals surface area contributed by atoms with E-state index in [0.29, 0.717) is 45.7 Å². The van der Waals surface area contributed by atoms with Gasteiger partial charge in [0.25, 0.3) is 0 Å². The van der Waals surface area contributed by atoms with Crippen molar-refractivity contribution in [2.45, 2.75) is 57.7 Å². The van der Waals surface area contributed by atoms with Crippen molar-refractivity contribution >= 4 is 0 Å². The van der Waals surface area contributed by atoms with Gasteiger partial charge in [0.2, 0.25) is 0 Å². The Kier molecular flexibility index (Phi) is 12.1. The van der Waals surface area contributed by atoms with E-state index in [9.17, 15) is 5.11 Å². The fourth-order valence-corrected chi connectivity index (χ4v) is 2.27. The Bertz CT molecular complexity index is 217. The monoisotopic (exact) mass is 304 g/mol. The Morgan fingerprint density at radius 2 is 1.29 bits per heavy atom. The molecule has 0 amide bonds. The van der Waals surface area contributed by atoms with Gasteiger partial charge in [0.05, 0.1) is 51.8 Å². The third-order valence-electron chi connectivity index (χ3n) is 3.61. The van der Waals surface area contributed by atoms with E-state index >= 15 is 0 Å². The summed E-state index contributed by atoms with van der Waals surface area (Å²) >= 11 is 0. The molecule has 1 N–H and O–H groups in total. The van der Waals surface area contributed by atoms with E-state index in [4.69, 9.17) is 18.9 Å². The van der Waals surface area contributed by atoms with Crippen molar-refractivity contribution in [2.75, 3.05) is 46.2 Å². The quantitative estimate of drug-likeness (QED) is 0.528. The molecule has 0 unspecified atom stereocenters. The molecule has 1 rings (SSSR count). The second-order valence-electron chi connectivity index (χ2n) is 5.49. The third kappa shape index (κ3) is 11.1. The summed E-state index contributed by atoms with van der Waals surface area (Å²) in [4.78, 5) is 0. The van der Waals surface area contributed by atoms with E-state index in [0.717, 1.165) is 45.1 Å². The minimum Gasteiger partial charge on any atom is -0.393 e. The zero-order valence-corrected chi connectivity index (χ0v) is 13.4. The molecule has 21 heavy (non-hydrogen) atoms. The fourth-order valence-electron chi connectivity index (χ4n) is 2.27. The van der Waals surface area contributed by atoms with Crippen molar-refractivity contribution in [3.05, 3.63) is 0 Å². The van der Waals surface area contributed by atoms with Crippen LogP contribution in [0.3, 0.4) is 0 Å². The molecule has 0 aromatic carbocycles. The fraction of sp³-hybridized carbons (Fsp3) is 1.00. The molecule has 0 saturated heterocycles. The Balaban J connectivity index is 1.73. The van der Waals surface area contributed by atoms with Gasteiger partial charge in [-0.15, -0.1) is 0 Å². The van der Waals surface area contributed by atoms with Crippen molar-refractivity contribution in [3.8, 4) is 0 Å². The standard InChI is InChI=1S/C16H32O5/c1-2-3-8-18-9-10-19-11-12-20-13-14-21-16-6-4-15(17)5-7-16/h15-17H,2-14H2,1H3. The van der Waals surface area contributed by atoms with Gasteiger partial charge in [0, 0.05) is 6.61 Å². The van der Waals surface area contributed by atoms with Gasteiger partial charge in [-0.2, -0.15) is 0 Å². The molecule has 0 atom stereocenters. The number of rotatable bonds is 13. The Labute approximate surface area is 128 Å². The smallest absolute Gasteiger partial charge is 0.0704 e. The lowest BCUT2D eigenvalue weighted by atomic mass is 9.95. The van der Waals surface area contributed by atoms with Crippen molar-refractivity contribution in [1.29, 1.82) is 0 Å². The third-order valence-corrected chi connectivity index (χ3v) is 3.61. The molecule has 1 aliphatic carbocycles. The van der Waals surface area contributed by atoms with Crippen molar-refractivity contribution in [2.24, 2.45) is 0 Å². The van der Waals surface area contributed by atoms with Gasteiger partial charge >= 0.3 is 0 Å². The van der Waals surface area contributed by atoms with E-state index in [-0.39, 0.29) is 6.10 Å². The second kappa shape index (κ2) is 13.5. The van der Waals surface area contributed by atoms with Crippen LogP contribution in [0.1, 0.15) is 45.4 Å². The first kappa shape index (κ1) is 18.8. The first-order valence-corrected chi connectivity index (χ1v) is 8.35. The molecule has 0 heterocycles. The van der Waals surface area contributed by atoms with Gasteiger partial charge in [0.1, 0.15) is 0 Å². The molecule has 1 saturated carbocycles. The van der Waals surface area contributed by atoms with Crippen LogP contribution in [0.15, 0.2) is 0 Å². The summed E-state index contributed by atoms with van der Waals surface area (Å²) in [5.74, 6) is 0. The molecule has 5 nitrogen and oxygen atoms in total. The highest BCUT2D eigenvalue weighted by molar-refractivity contribution is 4.71. The zero-order chi connectivity index (χ0) is 15.2. The molecular formula is C16H32O5. The number of aliphatic hydroxyl groups is 1. The number of ether oxygens (including phenoxy) is 4. The maximum atomic E-state index is 9.40. The van der Waals surface area contributed by atoms with Crippen LogP contribution in [-0.4, -0.2) is 63.6 Å². The summed E-state index contributed by atoms with van der Waals surface area (Å²) in [6, 6.07) is 0. The Morgan fingerprint density at radius 1 is 0.762 bits per heavy atom. The zero-order valence-electron chi connectivity index (χ0n) is 13.4. The van der Waals surface area contributed by atoms with Crippen LogP contribution in [0.25, 0.3) is 0 Å². The van der Waals surface area contributed by atoms with Gasteiger partial charge in [-0.25, -0.2) is 0 Å². The van der Waals surface area contributed by atoms with Crippen LogP contribution in [0.2, 0.25) is 0 Å². The predicted octanol–water partition coefficient (Wildman–Crippen LogP) is 2.16. The minimum atomic E-state index is -0.121. The number of aliphatic hydroxyl groups excluding tert-OH is 1. The first-order chi connectivity index (χ1) is 10.3. The number of unbranched alkanes of at least 4 members (excludes halogenated alkanes) is 1. The molecule has 0 aromatic rings. The van der Waals surface area contributed by atoms with Gasteiger partial charge in [-0.1, -0.05) is 13.3 Å². The highest BCUT2D eigenvalue weighted by atomic mass is 16.6. The Hall–Kier alpha value is -0.200. The topological polar surface area (TPSA) is 57.2 Å². The van der Waals surface area contributed by atoms with E-state index < -0.39 is 0 Å². The van der Waals surface area contributed by atoms with Crippen molar-refractivity contribution < 1.29 is 24.1 Å². The molecule has 126 valence electrons. The summed E-state index contributed by atoms with van der Waals surface area (Å²) in [5.41, 5.74) is 0. The number of hydrogen-bond donors (Lipinski definition) is 1. The average Bonchev–Trinajstić information content (AvgIpc) is 2.50. The summed E-state index contributed by atoms with van der Waals surface area (Å²) in [6.45, 7) is 6.71. The highest BCUT2D eigenvalue weighted by Crippen LogP contribution is 2.20. The number of hydrogen-bond acceptors (Lipinski definition) is 5. The lowest BCUT2D eigenvalue weighted by Crippen LogP contribution is -2.25. The van der Waals surface area contributed by atoms with Crippen molar-refractivity contribution in [3.63, 3.8) is 0 Å². The summed E-state index contributed by atoms with van der Waals surface area (Å²) in [5, 5.41) is 9.40. The maximum absolute atomic E-state index is 9.40. The minimum absolute atomic E-state index is 0.121. The molecule has 1 aliphatic rings. The molecule has 5 heteroatoms. The van der Waals surface area contributed by atoms with Gasteiger partial charge < -0.3 is 24.1 Å². The SMILES string of the molecule is CCCCOCCOCCOCCOC1CCC(O)CC1. The van der Waals surface area contributed by atoms with E-state index in [2.05, 4.69) is 6.92 Å². The molecule has 1 fully saturated rings. The van der Waals surface area contributed by atoms with Gasteiger partial charge in [-0.05, 0) is 32.1 Å². The summed E-state index contributed by atoms with van der Waals surface area (Å²) in [7, 11) is 0. The maximum Gasteiger partial charge on any atom is 0.0704 e. The largest absolute Gasteiger partial charge is 0.393 e. The van der Waals surface area contributed by atoms with Crippen LogP contribution >= 0.6 is 0 Å². The molecule has 0 aromatic heterocycles. The lowest BCUT2D eigenvalue weighted by molar-refractivity contribution is -0.0384. The van der Waals surface area contributed by atoms with Crippen LogP contribution in [-0.2, 0) is 18.9 Å². The average molecular weight is 304 g/mol. The second-order valence-corrected chi connectivity index (χ2v) is 5.49. The van der Waals surface area contributed by atoms with Crippen LogP contribution in [0.5, 0.6) is 0 Å². The highest BCUT2D eigenvalue weighted by Gasteiger charge is 2.19. The molecule has 0 bridgehead atoms. The van der Waals surface area contributed by atoms with E-state index in [1.807, 2.05) is 0 Å².